The summed E-state index contributed by atoms with van der Waals surface area (Å²) in [5, 5.41) is 13.9. The number of carbonyl (C=O) groups excluding carboxylic acids is 1. The van der Waals surface area contributed by atoms with Crippen molar-refractivity contribution in [1.29, 1.82) is 0 Å². The fourth-order valence-corrected chi connectivity index (χ4v) is 8.22. The lowest BCUT2D eigenvalue weighted by atomic mass is 9.99. The van der Waals surface area contributed by atoms with Gasteiger partial charge in [-0.2, -0.15) is 0 Å². The van der Waals surface area contributed by atoms with E-state index in [1.165, 1.54) is 85.2 Å². The van der Waals surface area contributed by atoms with Crippen LogP contribution < -0.4 is 18.9 Å². The van der Waals surface area contributed by atoms with Crippen LogP contribution in [0.15, 0.2) is 120 Å². The van der Waals surface area contributed by atoms with Crippen molar-refractivity contribution in [2.24, 2.45) is 5.18 Å². The number of ketones is 1. The first-order valence-corrected chi connectivity index (χ1v) is 24.6. The Labute approximate surface area is 460 Å². The standard InChI is InChI=1S/C19H20F2N2O3.C18H19ClFN3O4.C18H16ClFN2O4/c1-11-8-12-13(10-23-19(12)22-9-11)18(25-3)16-14(20)4-5-15(17(16)21)26-7-6-24-2;1-11(20)3-4-17(27-6-5-24)15(19)8-16(23-25)14-10-22-18-13(14)7-12(26-2)9-21-18;1-24-5-6-26-14-4-3-13(20)15(16(14)19)17(23)12-9-22-18-11(12)7-10(25-2)8-21-18/h4-5,8-10,18H,6-7H2,1-3H3,(H,22,23);3-4,7-10,16,24H,5-6H2,1-2H3,(H,21,22);3-4,7-9H,5-6H2,1-2H3,(H,21,22)/b;11-3+,15-8-,17-4+;. The normalized spacial score (nSPS) is 12.6. The summed E-state index contributed by atoms with van der Waals surface area (Å²) in [6.45, 7) is 3.90. The minimum Gasteiger partial charge on any atom is -0.495 e. The second-order valence-corrected chi connectivity index (χ2v) is 17.5. The van der Waals surface area contributed by atoms with Gasteiger partial charge in [-0.15, -0.1) is 4.91 Å². The van der Waals surface area contributed by atoms with E-state index in [1.807, 2.05) is 13.0 Å². The van der Waals surface area contributed by atoms with Crippen molar-refractivity contribution in [1.82, 2.24) is 29.9 Å². The number of hydrogen-bond acceptors (Lipinski definition) is 15. The maximum absolute atomic E-state index is 15.0. The van der Waals surface area contributed by atoms with Crippen LogP contribution in [-0.4, -0.2) is 116 Å². The third-order valence-electron chi connectivity index (χ3n) is 11.5. The Balaban J connectivity index is 0.000000191. The van der Waals surface area contributed by atoms with Crippen LogP contribution in [0.3, 0.4) is 0 Å². The number of halogens is 6. The van der Waals surface area contributed by atoms with Crippen molar-refractivity contribution in [3.8, 4) is 23.0 Å². The summed E-state index contributed by atoms with van der Waals surface area (Å²) >= 11 is 12.5. The second kappa shape index (κ2) is 29.2. The van der Waals surface area contributed by atoms with Crippen molar-refractivity contribution in [2.45, 2.75) is 26.0 Å². The SMILES string of the molecule is COCCOc1ccc(F)c(C(=O)c2c[nH]c3ncc(OC)cc23)c1Cl.COCCOc1ccc(F)c(C(OC)c2c[nH]c3ncc(C)cc23)c1F.COc1cnc2[nH]cc(C(/C=C(Cl)/C(=C\C=C(/C)F)OCCO)N=O)c2c1. The lowest BCUT2D eigenvalue weighted by Gasteiger charge is -2.19. The van der Waals surface area contributed by atoms with Crippen LogP contribution in [0.5, 0.6) is 23.0 Å². The highest BCUT2D eigenvalue weighted by atomic mass is 35.5. The molecule has 6 aromatic heterocycles. The lowest BCUT2D eigenvalue weighted by molar-refractivity contribution is 0.103. The molecule has 18 nitrogen and oxygen atoms in total. The van der Waals surface area contributed by atoms with E-state index < -0.39 is 41.2 Å². The molecule has 0 fully saturated rings. The van der Waals surface area contributed by atoms with Crippen molar-refractivity contribution < 1.29 is 65.4 Å². The number of nitrogens with zero attached hydrogens (tertiary/aromatic N) is 4. The maximum Gasteiger partial charge on any atom is 0.199 e. The van der Waals surface area contributed by atoms with E-state index in [9.17, 15) is 27.3 Å². The van der Waals surface area contributed by atoms with E-state index >= 15 is 0 Å². The van der Waals surface area contributed by atoms with Crippen molar-refractivity contribution in [2.75, 3.05) is 75.2 Å². The van der Waals surface area contributed by atoms with Gasteiger partial charge in [0.15, 0.2) is 17.3 Å². The number of carbonyl (C=O) groups is 1. The first-order chi connectivity index (χ1) is 38.1. The van der Waals surface area contributed by atoms with Crippen LogP contribution in [0.1, 0.15) is 57.2 Å². The number of hydrogen-bond donors (Lipinski definition) is 4. The van der Waals surface area contributed by atoms with Gasteiger partial charge in [-0.25, -0.2) is 32.5 Å². The van der Waals surface area contributed by atoms with Gasteiger partial charge >= 0.3 is 0 Å². The monoisotopic (exact) mass is 1140 g/mol. The molecule has 4 N–H and O–H groups in total. The molecule has 0 amide bonds. The molecule has 0 aliphatic carbocycles. The number of aromatic nitrogens is 6. The highest BCUT2D eigenvalue weighted by molar-refractivity contribution is 6.37. The Hall–Kier alpha value is -7.86. The summed E-state index contributed by atoms with van der Waals surface area (Å²) in [6, 6.07) is 9.28. The minimum atomic E-state index is -0.947. The second-order valence-electron chi connectivity index (χ2n) is 16.7. The van der Waals surface area contributed by atoms with Gasteiger partial charge in [0.2, 0.25) is 0 Å². The van der Waals surface area contributed by atoms with E-state index in [2.05, 4.69) is 35.1 Å². The molecule has 79 heavy (non-hydrogen) atoms. The summed E-state index contributed by atoms with van der Waals surface area (Å²) in [7, 11) is 7.46. The predicted octanol–water partition coefficient (Wildman–Crippen LogP) is 11.8. The third kappa shape index (κ3) is 15.0. The fraction of sp³-hybridized carbons (Fsp3) is 0.273. The molecule has 0 saturated heterocycles. The zero-order valence-corrected chi connectivity index (χ0v) is 45.2. The molecule has 0 bridgehead atoms. The molecule has 418 valence electrons. The largest absolute Gasteiger partial charge is 0.495 e. The number of aliphatic hydroxyl groups excluding tert-OH is 1. The van der Waals surface area contributed by atoms with E-state index in [-0.39, 0.29) is 70.4 Å². The van der Waals surface area contributed by atoms with Crippen LogP contribution >= 0.6 is 23.2 Å². The average molecular weight is 1140 g/mol. The smallest absolute Gasteiger partial charge is 0.199 e. The number of ether oxygens (including phenoxy) is 8. The maximum atomic E-state index is 15.0. The molecular weight excluding hydrogens is 1080 g/mol. The zero-order chi connectivity index (χ0) is 57.2. The number of benzene rings is 2. The number of rotatable bonds is 23. The van der Waals surface area contributed by atoms with Crippen LogP contribution in [0.2, 0.25) is 5.02 Å². The summed E-state index contributed by atoms with van der Waals surface area (Å²) in [5.74, 6) is -1.98. The topological polar surface area (TPSA) is 227 Å². The molecule has 2 aromatic carbocycles. The summed E-state index contributed by atoms with van der Waals surface area (Å²) in [4.78, 5) is 45.9. The van der Waals surface area contributed by atoms with Crippen LogP contribution in [0.25, 0.3) is 33.1 Å². The highest BCUT2D eigenvalue weighted by Gasteiger charge is 2.28. The number of aliphatic hydroxyl groups is 1. The van der Waals surface area contributed by atoms with Crippen LogP contribution in [0.4, 0.5) is 17.6 Å². The molecule has 8 aromatic rings. The number of nitroso groups, excluding NO2 is 1. The Morgan fingerprint density at radius 1 is 0.747 bits per heavy atom. The number of H-pyrrole nitrogens is 3. The number of allylic oxidation sites excluding steroid dienone is 4. The van der Waals surface area contributed by atoms with E-state index in [1.54, 1.807) is 36.9 Å². The molecule has 0 radical (unpaired) electrons. The quantitative estimate of drug-likeness (QED) is 0.0117. The molecule has 24 heteroatoms. The number of aryl methyl sites for hydroxylation is 1. The Morgan fingerprint density at radius 2 is 1.32 bits per heavy atom. The predicted molar refractivity (Wildman–Crippen MR) is 289 cm³/mol. The number of nitrogens with one attached hydrogen (secondary N) is 3. The lowest BCUT2D eigenvalue weighted by Crippen LogP contribution is -2.11. The molecule has 0 saturated carbocycles. The number of aromatic amines is 3. The number of pyridine rings is 3. The summed E-state index contributed by atoms with van der Waals surface area (Å²) < 4.78 is 98.5. The van der Waals surface area contributed by atoms with Crippen molar-refractivity contribution in [3.63, 3.8) is 0 Å². The molecule has 2 atom stereocenters. The number of fused-ring (bicyclic) bond motifs is 3. The van der Waals surface area contributed by atoms with E-state index in [0.29, 0.717) is 63.6 Å². The summed E-state index contributed by atoms with van der Waals surface area (Å²) in [6.07, 6.45) is 12.4. The third-order valence-corrected chi connectivity index (χ3v) is 12.2. The van der Waals surface area contributed by atoms with Gasteiger partial charge in [0.05, 0.1) is 73.4 Å². The molecule has 8 rings (SSSR count). The van der Waals surface area contributed by atoms with Gasteiger partial charge in [-0.1, -0.05) is 28.4 Å². The molecule has 0 aliphatic heterocycles. The van der Waals surface area contributed by atoms with Gasteiger partial charge in [-0.05, 0) is 80.1 Å². The molecule has 0 aliphatic rings. The van der Waals surface area contributed by atoms with Crippen molar-refractivity contribution >= 4 is 62.1 Å². The van der Waals surface area contributed by atoms with E-state index in [0.717, 1.165) is 23.1 Å². The van der Waals surface area contributed by atoms with Gasteiger partial charge < -0.3 is 58.0 Å². The van der Waals surface area contributed by atoms with Crippen molar-refractivity contribution in [3.05, 3.63) is 175 Å². The fourth-order valence-electron chi connectivity index (χ4n) is 7.69. The minimum absolute atomic E-state index is 0.0392. The molecule has 2 unspecified atom stereocenters. The number of methoxy groups -OCH3 is 5. The zero-order valence-electron chi connectivity index (χ0n) is 43.7. The molecular formula is C55H55Cl2F4N7O11. The van der Waals surface area contributed by atoms with Gasteiger partial charge in [0.25, 0.3) is 0 Å². The molecule has 0 spiro atoms. The van der Waals surface area contributed by atoms with Crippen LogP contribution in [-0.2, 0) is 18.9 Å². The van der Waals surface area contributed by atoms with Crippen LogP contribution in [0, 0.1) is 29.3 Å². The first kappa shape index (κ1) is 60.4. The van der Waals surface area contributed by atoms with Gasteiger partial charge in [-0.3, -0.25) is 4.79 Å². The molecule has 6 heterocycles. The Kier molecular flexibility index (Phi) is 22.3. The Morgan fingerprint density at radius 3 is 1.92 bits per heavy atom. The van der Waals surface area contributed by atoms with E-state index in [4.69, 9.17) is 66.2 Å². The highest BCUT2D eigenvalue weighted by Crippen LogP contribution is 2.38. The summed E-state index contributed by atoms with van der Waals surface area (Å²) in [5.41, 5.74) is 3.53. The van der Waals surface area contributed by atoms with Gasteiger partial charge in [0, 0.05) is 79.0 Å². The first-order valence-electron chi connectivity index (χ1n) is 23.8. The Bertz CT molecular complexity index is 3470. The van der Waals surface area contributed by atoms with Gasteiger partial charge in [0.1, 0.15) is 83.6 Å². The average Bonchev–Trinajstić information content (AvgIpc) is 4.24.